The highest BCUT2D eigenvalue weighted by atomic mass is 16.5. The van der Waals surface area contributed by atoms with Gasteiger partial charge in [0.25, 0.3) is 0 Å². The molecule has 0 amide bonds. The number of ether oxygens (including phenoxy) is 1. The van der Waals surface area contributed by atoms with Gasteiger partial charge < -0.3 is 10.5 Å². The first-order valence-corrected chi connectivity index (χ1v) is 7.62. The molecule has 0 radical (unpaired) electrons. The molecule has 1 aromatic carbocycles. The average Bonchev–Trinajstić information content (AvgIpc) is 2.47. The first-order valence-electron chi connectivity index (χ1n) is 7.62. The first kappa shape index (κ1) is 14.4. The third-order valence-electron chi connectivity index (χ3n) is 4.13. The van der Waals surface area contributed by atoms with Crippen LogP contribution in [0.5, 0.6) is 0 Å². The molecule has 3 atom stereocenters. The molecule has 1 saturated heterocycles. The minimum Gasteiger partial charge on any atom is -0.373 e. The van der Waals surface area contributed by atoms with Crippen LogP contribution in [0.1, 0.15) is 25.5 Å². The Hall–Kier alpha value is -1.49. The second kappa shape index (κ2) is 6.10. The van der Waals surface area contributed by atoms with Crippen LogP contribution < -0.4 is 5.73 Å². The quantitative estimate of drug-likeness (QED) is 0.940. The smallest absolute Gasteiger partial charge is 0.0750 e. The van der Waals surface area contributed by atoms with Gasteiger partial charge in [0.05, 0.1) is 17.7 Å². The van der Waals surface area contributed by atoms with Crippen LogP contribution in [0.2, 0.25) is 0 Å². The van der Waals surface area contributed by atoms with Crippen molar-refractivity contribution in [2.24, 2.45) is 5.73 Å². The summed E-state index contributed by atoms with van der Waals surface area (Å²) in [7, 11) is 0. The Kier molecular flexibility index (Phi) is 4.19. The second-order valence-electron chi connectivity index (χ2n) is 5.89. The molecule has 4 nitrogen and oxygen atoms in total. The SMILES string of the molecule is CC1CN(C(CN)c2cccc3cccnc23)CC(C)O1. The number of pyridine rings is 1. The van der Waals surface area contributed by atoms with Crippen molar-refractivity contribution in [1.29, 1.82) is 0 Å². The van der Waals surface area contributed by atoms with E-state index in [-0.39, 0.29) is 18.2 Å². The third-order valence-corrected chi connectivity index (χ3v) is 4.13. The number of para-hydroxylation sites is 1. The molecule has 112 valence electrons. The van der Waals surface area contributed by atoms with Crippen molar-refractivity contribution >= 4 is 10.9 Å². The van der Waals surface area contributed by atoms with Gasteiger partial charge in [-0.2, -0.15) is 0 Å². The van der Waals surface area contributed by atoms with Gasteiger partial charge in [0.15, 0.2) is 0 Å². The Morgan fingerprint density at radius 2 is 1.95 bits per heavy atom. The number of fused-ring (bicyclic) bond motifs is 1. The molecule has 3 rings (SSSR count). The summed E-state index contributed by atoms with van der Waals surface area (Å²) in [6.07, 6.45) is 2.33. The predicted octanol–water partition coefficient (Wildman–Crippen LogP) is 2.34. The highest BCUT2D eigenvalue weighted by molar-refractivity contribution is 5.82. The first-order chi connectivity index (χ1) is 10.2. The molecule has 1 aliphatic rings. The van der Waals surface area contributed by atoms with Gasteiger partial charge in [-0.05, 0) is 25.5 Å². The van der Waals surface area contributed by atoms with Crippen molar-refractivity contribution in [3.8, 4) is 0 Å². The Morgan fingerprint density at radius 1 is 1.24 bits per heavy atom. The molecule has 0 spiro atoms. The fraction of sp³-hybridized carbons (Fsp3) is 0.471. The molecular weight excluding hydrogens is 262 g/mol. The fourth-order valence-corrected chi connectivity index (χ4v) is 3.34. The van der Waals surface area contributed by atoms with Crippen LogP contribution in [0.3, 0.4) is 0 Å². The summed E-state index contributed by atoms with van der Waals surface area (Å²) in [5, 5.41) is 1.17. The van der Waals surface area contributed by atoms with E-state index in [9.17, 15) is 0 Å². The predicted molar refractivity (Wildman–Crippen MR) is 85.1 cm³/mol. The Balaban J connectivity index is 1.98. The Labute approximate surface area is 125 Å². The zero-order valence-corrected chi connectivity index (χ0v) is 12.7. The van der Waals surface area contributed by atoms with Crippen LogP contribution in [-0.2, 0) is 4.74 Å². The zero-order valence-electron chi connectivity index (χ0n) is 12.7. The molecule has 0 saturated carbocycles. The molecule has 1 aliphatic heterocycles. The second-order valence-corrected chi connectivity index (χ2v) is 5.89. The maximum Gasteiger partial charge on any atom is 0.0750 e. The lowest BCUT2D eigenvalue weighted by Crippen LogP contribution is -2.48. The van der Waals surface area contributed by atoms with E-state index in [4.69, 9.17) is 10.5 Å². The summed E-state index contributed by atoms with van der Waals surface area (Å²) in [6, 6.07) is 10.6. The van der Waals surface area contributed by atoms with E-state index in [2.05, 4.69) is 48.0 Å². The molecule has 4 heteroatoms. The molecule has 0 aliphatic carbocycles. The van der Waals surface area contributed by atoms with Crippen LogP contribution in [-0.4, -0.2) is 41.7 Å². The van der Waals surface area contributed by atoms with Crippen LogP contribution in [0.15, 0.2) is 36.5 Å². The number of nitrogens with two attached hydrogens (primary N) is 1. The van der Waals surface area contributed by atoms with Gasteiger partial charge in [-0.3, -0.25) is 9.88 Å². The van der Waals surface area contributed by atoms with Gasteiger partial charge in [-0.25, -0.2) is 0 Å². The van der Waals surface area contributed by atoms with Crippen LogP contribution >= 0.6 is 0 Å². The molecule has 2 N–H and O–H groups in total. The van der Waals surface area contributed by atoms with Gasteiger partial charge in [0.1, 0.15) is 0 Å². The molecule has 2 heterocycles. The van der Waals surface area contributed by atoms with Crippen molar-refractivity contribution in [2.45, 2.75) is 32.1 Å². The third kappa shape index (κ3) is 2.93. The van der Waals surface area contributed by atoms with E-state index < -0.39 is 0 Å². The topological polar surface area (TPSA) is 51.4 Å². The summed E-state index contributed by atoms with van der Waals surface area (Å²) in [4.78, 5) is 7.00. The summed E-state index contributed by atoms with van der Waals surface area (Å²) in [6.45, 7) is 6.66. The number of rotatable bonds is 3. The number of hydrogen-bond donors (Lipinski definition) is 1. The van der Waals surface area contributed by atoms with Crippen molar-refractivity contribution in [1.82, 2.24) is 9.88 Å². The summed E-state index contributed by atoms with van der Waals surface area (Å²) in [5.74, 6) is 0. The van der Waals surface area contributed by atoms with E-state index >= 15 is 0 Å². The molecule has 3 unspecified atom stereocenters. The summed E-state index contributed by atoms with van der Waals surface area (Å²) in [5.41, 5.74) is 8.38. The average molecular weight is 285 g/mol. The van der Waals surface area contributed by atoms with Gasteiger partial charge in [-0.1, -0.05) is 24.3 Å². The minimum atomic E-state index is 0.192. The van der Waals surface area contributed by atoms with E-state index in [1.165, 1.54) is 10.9 Å². The maximum absolute atomic E-state index is 6.11. The van der Waals surface area contributed by atoms with Crippen LogP contribution in [0, 0.1) is 0 Å². The summed E-state index contributed by atoms with van der Waals surface area (Å²) < 4.78 is 5.84. The number of nitrogens with zero attached hydrogens (tertiary/aromatic N) is 2. The molecule has 1 aromatic heterocycles. The highest BCUT2D eigenvalue weighted by Gasteiger charge is 2.29. The highest BCUT2D eigenvalue weighted by Crippen LogP contribution is 2.28. The lowest BCUT2D eigenvalue weighted by atomic mass is 10.00. The summed E-state index contributed by atoms with van der Waals surface area (Å²) >= 11 is 0. The van der Waals surface area contributed by atoms with E-state index in [1.54, 1.807) is 0 Å². The van der Waals surface area contributed by atoms with Gasteiger partial charge in [-0.15, -0.1) is 0 Å². The Morgan fingerprint density at radius 3 is 2.67 bits per heavy atom. The maximum atomic E-state index is 6.11. The monoisotopic (exact) mass is 285 g/mol. The van der Waals surface area contributed by atoms with Crippen molar-refractivity contribution in [3.63, 3.8) is 0 Å². The molecule has 2 aromatic rings. The fourth-order valence-electron chi connectivity index (χ4n) is 3.34. The van der Waals surface area contributed by atoms with Gasteiger partial charge in [0, 0.05) is 37.3 Å². The van der Waals surface area contributed by atoms with E-state index in [0.717, 1.165) is 18.6 Å². The normalized spacial score (nSPS) is 25.1. The molecular formula is C17H23N3O. The van der Waals surface area contributed by atoms with E-state index in [1.807, 2.05) is 12.3 Å². The lowest BCUT2D eigenvalue weighted by molar-refractivity contribution is -0.0798. The number of benzene rings is 1. The lowest BCUT2D eigenvalue weighted by Gasteiger charge is -2.40. The van der Waals surface area contributed by atoms with Crippen LogP contribution in [0.25, 0.3) is 10.9 Å². The molecule has 21 heavy (non-hydrogen) atoms. The van der Waals surface area contributed by atoms with Crippen LogP contribution in [0.4, 0.5) is 0 Å². The van der Waals surface area contributed by atoms with E-state index in [0.29, 0.717) is 6.54 Å². The standard InChI is InChI=1S/C17H23N3O/c1-12-10-20(11-13(2)21-12)16(9-18)15-7-3-5-14-6-4-8-19-17(14)15/h3-8,12-13,16H,9-11,18H2,1-2H3. The molecule has 0 bridgehead atoms. The van der Waals surface area contributed by atoms with Gasteiger partial charge in [0.2, 0.25) is 0 Å². The van der Waals surface area contributed by atoms with Crippen molar-refractivity contribution in [3.05, 3.63) is 42.1 Å². The minimum absolute atomic E-state index is 0.192. The van der Waals surface area contributed by atoms with Gasteiger partial charge >= 0.3 is 0 Å². The number of aromatic nitrogens is 1. The zero-order chi connectivity index (χ0) is 14.8. The van der Waals surface area contributed by atoms with Crippen molar-refractivity contribution < 1.29 is 4.74 Å². The largest absolute Gasteiger partial charge is 0.373 e. The Bertz CT molecular complexity index is 601. The number of morpholine rings is 1. The molecule has 1 fully saturated rings. The number of hydrogen-bond acceptors (Lipinski definition) is 4. The van der Waals surface area contributed by atoms with Crippen molar-refractivity contribution in [2.75, 3.05) is 19.6 Å².